The van der Waals surface area contributed by atoms with Crippen molar-refractivity contribution in [3.05, 3.63) is 59.2 Å². The number of nitrogens with one attached hydrogen (secondary N) is 2. The van der Waals surface area contributed by atoms with E-state index in [1.807, 2.05) is 32.0 Å². The third-order valence-corrected chi connectivity index (χ3v) is 4.97. The summed E-state index contributed by atoms with van der Waals surface area (Å²) in [4.78, 5) is 12.5. The van der Waals surface area contributed by atoms with Crippen molar-refractivity contribution in [2.45, 2.75) is 38.6 Å². The average molecular weight is 346 g/mol. The smallest absolute Gasteiger partial charge is 0.255 e. The van der Waals surface area contributed by atoms with E-state index < -0.39 is 10.0 Å². The summed E-state index contributed by atoms with van der Waals surface area (Å²) in [6, 6.07) is 11.5. The van der Waals surface area contributed by atoms with Gasteiger partial charge in [-0.1, -0.05) is 17.2 Å². The van der Waals surface area contributed by atoms with Crippen LogP contribution in [0.3, 0.4) is 0 Å². The first-order valence-corrected chi connectivity index (χ1v) is 9.18. The highest BCUT2D eigenvalue weighted by molar-refractivity contribution is 7.89. The summed E-state index contributed by atoms with van der Waals surface area (Å²) in [7, 11) is -3.53. The van der Waals surface area contributed by atoms with E-state index in [4.69, 9.17) is 0 Å². The zero-order valence-corrected chi connectivity index (χ0v) is 15.1. The lowest BCUT2D eigenvalue weighted by molar-refractivity contribution is 0.102. The van der Waals surface area contributed by atoms with E-state index >= 15 is 0 Å². The summed E-state index contributed by atoms with van der Waals surface area (Å²) in [5.41, 5.74) is 3.15. The highest BCUT2D eigenvalue weighted by Gasteiger charge is 2.15. The zero-order chi connectivity index (χ0) is 17.9. The molecule has 5 nitrogen and oxygen atoms in total. The predicted molar refractivity (Wildman–Crippen MR) is 95.8 cm³/mol. The Balaban J connectivity index is 2.15. The van der Waals surface area contributed by atoms with Crippen LogP contribution in [0, 0.1) is 13.8 Å². The molecule has 0 bridgehead atoms. The van der Waals surface area contributed by atoms with E-state index in [-0.39, 0.29) is 16.8 Å². The number of benzene rings is 2. The molecule has 0 aliphatic rings. The molecule has 6 heteroatoms. The quantitative estimate of drug-likeness (QED) is 0.873. The summed E-state index contributed by atoms with van der Waals surface area (Å²) < 4.78 is 26.7. The van der Waals surface area contributed by atoms with Crippen LogP contribution >= 0.6 is 0 Å². The van der Waals surface area contributed by atoms with Crippen molar-refractivity contribution in [3.63, 3.8) is 0 Å². The molecule has 0 aromatic heterocycles. The summed E-state index contributed by atoms with van der Waals surface area (Å²) in [6.07, 6.45) is 0. The van der Waals surface area contributed by atoms with Crippen molar-refractivity contribution in [2.75, 3.05) is 5.32 Å². The highest BCUT2D eigenvalue weighted by Crippen LogP contribution is 2.16. The molecule has 2 N–H and O–H groups in total. The third-order valence-electron chi connectivity index (χ3n) is 3.30. The number of sulfonamides is 1. The van der Waals surface area contributed by atoms with Crippen molar-refractivity contribution in [3.8, 4) is 0 Å². The molecule has 0 spiro atoms. The van der Waals surface area contributed by atoms with Gasteiger partial charge in [0.2, 0.25) is 10.0 Å². The van der Waals surface area contributed by atoms with Gasteiger partial charge < -0.3 is 5.32 Å². The Labute approximate surface area is 143 Å². The summed E-state index contributed by atoms with van der Waals surface area (Å²) in [5, 5.41) is 2.78. The molecule has 1 amide bonds. The van der Waals surface area contributed by atoms with E-state index in [2.05, 4.69) is 10.0 Å². The number of aryl methyl sites for hydroxylation is 2. The van der Waals surface area contributed by atoms with Crippen LogP contribution in [-0.2, 0) is 10.0 Å². The fourth-order valence-corrected chi connectivity index (χ4v) is 3.66. The predicted octanol–water partition coefficient (Wildman–Crippen LogP) is 3.24. The average Bonchev–Trinajstić information content (AvgIpc) is 2.45. The standard InChI is InChI=1S/C18H22N2O3S/c1-12(2)20-24(22,23)17-7-5-16(6-8-17)19-18(21)15-10-13(3)9-14(4)11-15/h5-12,20H,1-4H3,(H,19,21). The summed E-state index contributed by atoms with van der Waals surface area (Å²) in [5.74, 6) is -0.224. The summed E-state index contributed by atoms with van der Waals surface area (Å²) >= 11 is 0. The van der Waals surface area contributed by atoms with Crippen LogP contribution in [0.4, 0.5) is 5.69 Å². The summed E-state index contributed by atoms with van der Waals surface area (Å²) in [6.45, 7) is 7.39. The van der Waals surface area contributed by atoms with Gasteiger partial charge in [0.25, 0.3) is 5.91 Å². The third kappa shape index (κ3) is 4.66. The van der Waals surface area contributed by atoms with Gasteiger partial charge in [-0.05, 0) is 64.1 Å². The van der Waals surface area contributed by atoms with E-state index in [9.17, 15) is 13.2 Å². The fraction of sp³-hybridized carbons (Fsp3) is 0.278. The minimum absolute atomic E-state index is 0.167. The highest BCUT2D eigenvalue weighted by atomic mass is 32.2. The number of hydrogen-bond donors (Lipinski definition) is 2. The molecule has 2 aromatic rings. The van der Waals surface area contributed by atoms with Crippen LogP contribution < -0.4 is 10.0 Å². The molecule has 0 atom stereocenters. The number of carbonyl (C=O) groups is 1. The molecule has 0 unspecified atom stereocenters. The Kier molecular flexibility index (Phi) is 5.41. The molecular weight excluding hydrogens is 324 g/mol. The fourth-order valence-electron chi connectivity index (χ4n) is 2.40. The molecule has 24 heavy (non-hydrogen) atoms. The Morgan fingerprint density at radius 1 is 0.958 bits per heavy atom. The number of anilines is 1. The number of carbonyl (C=O) groups excluding carboxylic acids is 1. The molecule has 0 aliphatic carbocycles. The van der Waals surface area contributed by atoms with Crippen LogP contribution in [0.2, 0.25) is 0 Å². The van der Waals surface area contributed by atoms with Crippen molar-refractivity contribution < 1.29 is 13.2 Å². The van der Waals surface area contributed by atoms with Gasteiger partial charge in [-0.3, -0.25) is 4.79 Å². The second-order valence-electron chi connectivity index (χ2n) is 6.13. The monoisotopic (exact) mass is 346 g/mol. The van der Waals surface area contributed by atoms with E-state index in [1.54, 1.807) is 26.0 Å². The van der Waals surface area contributed by atoms with Gasteiger partial charge in [0, 0.05) is 17.3 Å². The van der Waals surface area contributed by atoms with Gasteiger partial charge in [0.1, 0.15) is 0 Å². The molecule has 128 valence electrons. The normalized spacial score (nSPS) is 11.5. The molecule has 0 heterocycles. The minimum atomic E-state index is -3.53. The lowest BCUT2D eigenvalue weighted by atomic mass is 10.1. The molecule has 0 aliphatic heterocycles. The van der Waals surface area contributed by atoms with Crippen molar-refractivity contribution in [1.29, 1.82) is 0 Å². The minimum Gasteiger partial charge on any atom is -0.322 e. The van der Waals surface area contributed by atoms with E-state index in [1.165, 1.54) is 12.1 Å². The largest absolute Gasteiger partial charge is 0.322 e. The van der Waals surface area contributed by atoms with Crippen molar-refractivity contribution in [2.24, 2.45) is 0 Å². The van der Waals surface area contributed by atoms with Crippen LogP contribution in [0.15, 0.2) is 47.4 Å². The van der Waals surface area contributed by atoms with Crippen molar-refractivity contribution in [1.82, 2.24) is 4.72 Å². The topological polar surface area (TPSA) is 75.3 Å². The number of rotatable bonds is 5. The van der Waals surface area contributed by atoms with E-state index in [0.29, 0.717) is 11.3 Å². The molecule has 2 aromatic carbocycles. The molecule has 0 radical (unpaired) electrons. The maximum absolute atomic E-state index is 12.3. The Bertz CT molecular complexity index is 821. The van der Waals surface area contributed by atoms with Crippen LogP contribution in [0.25, 0.3) is 0 Å². The second kappa shape index (κ2) is 7.15. The van der Waals surface area contributed by atoms with Gasteiger partial charge in [-0.15, -0.1) is 0 Å². The lowest BCUT2D eigenvalue weighted by Gasteiger charge is -2.11. The number of amides is 1. The first kappa shape index (κ1) is 18.2. The zero-order valence-electron chi connectivity index (χ0n) is 14.3. The maximum atomic E-state index is 12.3. The maximum Gasteiger partial charge on any atom is 0.255 e. The lowest BCUT2D eigenvalue weighted by Crippen LogP contribution is -2.30. The molecule has 0 saturated carbocycles. The Hall–Kier alpha value is -2.18. The Morgan fingerprint density at radius 3 is 2.00 bits per heavy atom. The Morgan fingerprint density at radius 2 is 1.50 bits per heavy atom. The molecule has 0 fully saturated rings. The second-order valence-corrected chi connectivity index (χ2v) is 7.84. The van der Waals surface area contributed by atoms with Gasteiger partial charge in [-0.25, -0.2) is 13.1 Å². The molecule has 0 saturated heterocycles. The first-order valence-electron chi connectivity index (χ1n) is 7.69. The molecule has 2 rings (SSSR count). The van der Waals surface area contributed by atoms with Gasteiger partial charge in [-0.2, -0.15) is 0 Å². The van der Waals surface area contributed by atoms with E-state index in [0.717, 1.165) is 11.1 Å². The van der Waals surface area contributed by atoms with Gasteiger partial charge >= 0.3 is 0 Å². The van der Waals surface area contributed by atoms with Gasteiger partial charge in [0.05, 0.1) is 4.90 Å². The van der Waals surface area contributed by atoms with Crippen LogP contribution in [0.5, 0.6) is 0 Å². The van der Waals surface area contributed by atoms with Gasteiger partial charge in [0.15, 0.2) is 0 Å². The van der Waals surface area contributed by atoms with Crippen LogP contribution in [-0.4, -0.2) is 20.4 Å². The molecular formula is C18H22N2O3S. The SMILES string of the molecule is Cc1cc(C)cc(C(=O)Nc2ccc(S(=O)(=O)NC(C)C)cc2)c1. The first-order chi connectivity index (χ1) is 11.2. The van der Waals surface area contributed by atoms with Crippen LogP contribution in [0.1, 0.15) is 35.3 Å². The van der Waals surface area contributed by atoms with Crippen molar-refractivity contribution >= 4 is 21.6 Å². The number of hydrogen-bond acceptors (Lipinski definition) is 3.